The number of hydrogen-bond acceptors (Lipinski definition) is 4. The highest BCUT2D eigenvalue weighted by Crippen LogP contribution is 2.19. The summed E-state index contributed by atoms with van der Waals surface area (Å²) in [4.78, 5) is 0. The van der Waals surface area contributed by atoms with Gasteiger partial charge >= 0.3 is 0 Å². The van der Waals surface area contributed by atoms with E-state index in [1.807, 2.05) is 6.21 Å². The van der Waals surface area contributed by atoms with Crippen molar-refractivity contribution in [1.82, 2.24) is 15.3 Å². The highest BCUT2D eigenvalue weighted by atomic mass is 32.1. The monoisotopic (exact) mass is 364 g/mol. The van der Waals surface area contributed by atoms with Gasteiger partial charge in [0.2, 0.25) is 0 Å². The van der Waals surface area contributed by atoms with Crippen molar-refractivity contribution in [2.45, 2.75) is 58.3 Å². The van der Waals surface area contributed by atoms with Gasteiger partial charge in [-0.1, -0.05) is 0 Å². The fourth-order valence-electron chi connectivity index (χ4n) is 3.44. The predicted molar refractivity (Wildman–Crippen MR) is 103 cm³/mol. The molecule has 2 N–H and O–H groups in total. The minimum Gasteiger partial charge on any atom is -0.376 e. The zero-order valence-corrected chi connectivity index (χ0v) is 15.9. The van der Waals surface area contributed by atoms with Crippen molar-refractivity contribution in [3.63, 3.8) is 0 Å². The molecule has 0 bridgehead atoms. The fourth-order valence-corrected chi connectivity index (χ4v) is 3.58. The lowest BCUT2D eigenvalue weighted by Crippen LogP contribution is -2.37. The van der Waals surface area contributed by atoms with Crippen LogP contribution in [0.15, 0.2) is 11.2 Å². The Morgan fingerprint density at radius 2 is 2.00 bits per heavy atom. The molecule has 1 aromatic rings. The molecule has 25 heavy (non-hydrogen) atoms. The first kappa shape index (κ1) is 18.4. The van der Waals surface area contributed by atoms with Crippen LogP contribution in [0.5, 0.6) is 0 Å². The van der Waals surface area contributed by atoms with Crippen molar-refractivity contribution < 1.29 is 9.47 Å². The van der Waals surface area contributed by atoms with E-state index in [2.05, 4.69) is 40.3 Å². The van der Waals surface area contributed by atoms with Gasteiger partial charge in [0.05, 0.1) is 18.4 Å². The number of hydrazone groups is 1. The van der Waals surface area contributed by atoms with Gasteiger partial charge in [0.25, 0.3) is 0 Å². The van der Waals surface area contributed by atoms with Gasteiger partial charge in [-0.05, 0) is 57.8 Å². The molecule has 3 heterocycles. The fraction of sp³-hybridized carbons (Fsp3) is 0.667. The summed E-state index contributed by atoms with van der Waals surface area (Å²) in [6.07, 6.45) is 6.96. The quantitative estimate of drug-likeness (QED) is 0.461. The van der Waals surface area contributed by atoms with Crippen molar-refractivity contribution in [3.05, 3.63) is 23.0 Å². The first-order valence-corrected chi connectivity index (χ1v) is 9.51. The molecule has 0 amide bonds. The summed E-state index contributed by atoms with van der Waals surface area (Å²) in [5.41, 5.74) is 6.42. The number of rotatable bonds is 6. The van der Waals surface area contributed by atoms with Crippen molar-refractivity contribution in [2.75, 3.05) is 19.8 Å². The van der Waals surface area contributed by atoms with Crippen LogP contribution >= 0.6 is 12.2 Å². The maximum absolute atomic E-state index is 5.76. The molecule has 0 unspecified atom stereocenters. The molecule has 2 aliphatic heterocycles. The second kappa shape index (κ2) is 8.78. The highest BCUT2D eigenvalue weighted by Gasteiger charge is 2.18. The molecular formula is C18H28N4O2S. The lowest BCUT2D eigenvalue weighted by Gasteiger charge is -2.14. The second-order valence-corrected chi connectivity index (χ2v) is 7.20. The number of aromatic nitrogens is 1. The molecule has 0 saturated carbocycles. The van der Waals surface area contributed by atoms with Gasteiger partial charge in [0.1, 0.15) is 0 Å². The number of hydrogen-bond donors (Lipinski definition) is 2. The van der Waals surface area contributed by atoms with Crippen LogP contribution in [0, 0.1) is 13.8 Å². The Balaban J connectivity index is 1.49. The summed E-state index contributed by atoms with van der Waals surface area (Å²) in [6.45, 7) is 7.64. The molecule has 2 atom stereocenters. The number of thiocarbonyl (C=S) groups is 1. The zero-order valence-electron chi connectivity index (χ0n) is 15.1. The molecule has 0 spiro atoms. The molecule has 2 aliphatic rings. The maximum atomic E-state index is 5.76. The number of nitrogens with one attached hydrogen (secondary N) is 2. The van der Waals surface area contributed by atoms with E-state index in [0.717, 1.165) is 51.1 Å². The Morgan fingerprint density at radius 1 is 1.28 bits per heavy atom. The van der Waals surface area contributed by atoms with E-state index >= 15 is 0 Å². The summed E-state index contributed by atoms with van der Waals surface area (Å²) in [5, 5.41) is 7.95. The topological polar surface area (TPSA) is 59.8 Å². The summed E-state index contributed by atoms with van der Waals surface area (Å²) >= 11 is 5.25. The van der Waals surface area contributed by atoms with Gasteiger partial charge in [-0.2, -0.15) is 5.10 Å². The van der Waals surface area contributed by atoms with Gasteiger partial charge < -0.3 is 19.4 Å². The van der Waals surface area contributed by atoms with Crippen LogP contribution in [0.1, 0.15) is 42.6 Å². The van der Waals surface area contributed by atoms with Crippen molar-refractivity contribution in [3.8, 4) is 0 Å². The average Bonchev–Trinajstić information content (AvgIpc) is 3.33. The van der Waals surface area contributed by atoms with Gasteiger partial charge in [-0.3, -0.25) is 5.43 Å². The molecule has 3 rings (SSSR count). The van der Waals surface area contributed by atoms with E-state index < -0.39 is 0 Å². The van der Waals surface area contributed by atoms with E-state index in [9.17, 15) is 0 Å². The van der Waals surface area contributed by atoms with E-state index in [4.69, 9.17) is 21.7 Å². The van der Waals surface area contributed by atoms with Crippen LogP contribution in [0.25, 0.3) is 0 Å². The van der Waals surface area contributed by atoms with E-state index in [-0.39, 0.29) is 6.10 Å². The molecule has 2 saturated heterocycles. The minimum absolute atomic E-state index is 0.264. The Kier molecular flexibility index (Phi) is 6.45. The molecule has 1 aromatic heterocycles. The first-order chi connectivity index (χ1) is 12.1. The third-order valence-electron chi connectivity index (χ3n) is 4.91. The Bertz CT molecular complexity index is 617. The van der Waals surface area contributed by atoms with Crippen LogP contribution in [0.2, 0.25) is 0 Å². The van der Waals surface area contributed by atoms with Crippen molar-refractivity contribution in [2.24, 2.45) is 5.10 Å². The first-order valence-electron chi connectivity index (χ1n) is 9.10. The van der Waals surface area contributed by atoms with Crippen LogP contribution < -0.4 is 10.7 Å². The molecule has 0 radical (unpaired) electrons. The van der Waals surface area contributed by atoms with E-state index in [1.165, 1.54) is 17.8 Å². The Hall–Kier alpha value is -1.44. The summed E-state index contributed by atoms with van der Waals surface area (Å²) in [7, 11) is 0. The third-order valence-corrected chi connectivity index (χ3v) is 5.14. The SMILES string of the molecule is Cc1cc(/C=N\NC(=S)NC[C@H]2CCCO2)c(C)n1C[C@@H]1CCCO1. The highest BCUT2D eigenvalue weighted by molar-refractivity contribution is 7.80. The largest absolute Gasteiger partial charge is 0.376 e. The summed E-state index contributed by atoms with van der Waals surface area (Å²) in [5.74, 6) is 0. The summed E-state index contributed by atoms with van der Waals surface area (Å²) < 4.78 is 13.6. The molecule has 138 valence electrons. The van der Waals surface area contributed by atoms with Crippen LogP contribution in [-0.4, -0.2) is 47.9 Å². The van der Waals surface area contributed by atoms with Crippen LogP contribution in [0.4, 0.5) is 0 Å². The Morgan fingerprint density at radius 3 is 2.68 bits per heavy atom. The van der Waals surface area contributed by atoms with Crippen LogP contribution in [-0.2, 0) is 16.0 Å². The van der Waals surface area contributed by atoms with Gasteiger partial charge in [-0.25, -0.2) is 0 Å². The van der Waals surface area contributed by atoms with Crippen molar-refractivity contribution >= 4 is 23.5 Å². The lowest BCUT2D eigenvalue weighted by molar-refractivity contribution is 0.0962. The number of aryl methyl sites for hydroxylation is 1. The van der Waals surface area contributed by atoms with Gasteiger partial charge in [0, 0.05) is 43.3 Å². The van der Waals surface area contributed by atoms with Gasteiger partial charge in [-0.15, -0.1) is 0 Å². The minimum atomic E-state index is 0.264. The standard InChI is InChI=1S/C18H28N4O2S/c1-13-9-15(14(2)22(13)12-17-6-4-8-24-17)10-20-21-18(25)19-11-16-5-3-7-23-16/h9-10,16-17H,3-8,11-12H2,1-2H3,(H2,19,21,25)/b20-10-/t16-,17+/m1/s1. The molecular weight excluding hydrogens is 336 g/mol. The Labute approximate surface area is 154 Å². The predicted octanol–water partition coefficient (Wildman–Crippen LogP) is 2.26. The molecule has 6 nitrogen and oxygen atoms in total. The van der Waals surface area contributed by atoms with Crippen LogP contribution in [0.3, 0.4) is 0 Å². The normalized spacial score (nSPS) is 23.4. The zero-order chi connectivity index (χ0) is 17.6. The van der Waals surface area contributed by atoms with Gasteiger partial charge in [0.15, 0.2) is 5.11 Å². The lowest BCUT2D eigenvalue weighted by atomic mass is 10.2. The second-order valence-electron chi connectivity index (χ2n) is 6.79. The van der Waals surface area contributed by atoms with Crippen molar-refractivity contribution in [1.29, 1.82) is 0 Å². The molecule has 0 aromatic carbocycles. The molecule has 7 heteroatoms. The number of ether oxygens (including phenoxy) is 2. The number of nitrogens with zero attached hydrogens (tertiary/aromatic N) is 2. The molecule has 2 fully saturated rings. The molecule has 0 aliphatic carbocycles. The van der Waals surface area contributed by atoms with E-state index in [1.54, 1.807) is 0 Å². The third kappa shape index (κ3) is 5.03. The smallest absolute Gasteiger partial charge is 0.187 e. The van der Waals surface area contributed by atoms with E-state index in [0.29, 0.717) is 11.2 Å². The summed E-state index contributed by atoms with van der Waals surface area (Å²) in [6, 6.07) is 2.15. The maximum Gasteiger partial charge on any atom is 0.187 e. The average molecular weight is 365 g/mol.